The van der Waals surface area contributed by atoms with Crippen molar-refractivity contribution in [2.24, 2.45) is 5.92 Å². The Morgan fingerprint density at radius 3 is 2.69 bits per heavy atom. The van der Waals surface area contributed by atoms with Gasteiger partial charge >= 0.3 is 0 Å². The largest absolute Gasteiger partial charge is 0.379 e. The number of hydrogen-bond donors (Lipinski definition) is 0. The van der Waals surface area contributed by atoms with Gasteiger partial charge in [0.15, 0.2) is 0 Å². The van der Waals surface area contributed by atoms with Crippen molar-refractivity contribution < 1.29 is 14.3 Å². The van der Waals surface area contributed by atoms with Crippen LogP contribution in [0.2, 0.25) is 0 Å². The molecule has 3 saturated heterocycles. The van der Waals surface area contributed by atoms with E-state index < -0.39 is 0 Å². The van der Waals surface area contributed by atoms with E-state index in [-0.39, 0.29) is 11.5 Å². The van der Waals surface area contributed by atoms with Gasteiger partial charge in [-0.1, -0.05) is 24.3 Å². The van der Waals surface area contributed by atoms with E-state index in [1.165, 1.54) is 12.0 Å². The maximum atomic E-state index is 12.6. The van der Waals surface area contributed by atoms with Crippen LogP contribution in [0.25, 0.3) is 0 Å². The fraction of sp³-hybridized carbons (Fsp3) is 0.667. The van der Waals surface area contributed by atoms with Crippen molar-refractivity contribution in [3.8, 4) is 0 Å². The Morgan fingerprint density at radius 2 is 2.00 bits per heavy atom. The predicted molar refractivity (Wildman–Crippen MR) is 100 cm³/mol. The quantitative estimate of drug-likeness (QED) is 0.824. The van der Waals surface area contributed by atoms with Gasteiger partial charge in [0.05, 0.1) is 39.3 Å². The molecule has 1 aromatic rings. The lowest BCUT2D eigenvalue weighted by Gasteiger charge is -2.53. The second kappa shape index (κ2) is 7.67. The third-order valence-electron chi connectivity index (χ3n) is 6.17. The fourth-order valence-corrected chi connectivity index (χ4v) is 4.37. The lowest BCUT2D eigenvalue weighted by Crippen LogP contribution is -2.66. The highest BCUT2D eigenvalue weighted by Crippen LogP contribution is 2.36. The van der Waals surface area contributed by atoms with E-state index >= 15 is 0 Å². The first kappa shape index (κ1) is 18.0. The van der Waals surface area contributed by atoms with Gasteiger partial charge in [0.25, 0.3) is 0 Å². The summed E-state index contributed by atoms with van der Waals surface area (Å²) in [5.41, 5.74) is 2.26. The third kappa shape index (κ3) is 3.95. The summed E-state index contributed by atoms with van der Waals surface area (Å²) in [7, 11) is 0. The molecule has 1 atom stereocenters. The number of hydrogen-bond acceptors (Lipinski definition) is 4. The number of nitrogens with zero attached hydrogens (tertiary/aromatic N) is 2. The maximum Gasteiger partial charge on any atom is 0.227 e. The van der Waals surface area contributed by atoms with Gasteiger partial charge in [-0.2, -0.15) is 0 Å². The summed E-state index contributed by atoms with van der Waals surface area (Å²) in [4.78, 5) is 17.0. The molecule has 142 valence electrons. The topological polar surface area (TPSA) is 42.0 Å². The van der Waals surface area contributed by atoms with Crippen LogP contribution in [0.15, 0.2) is 24.3 Å². The Balaban J connectivity index is 1.22. The number of morpholine rings is 1. The first-order valence-corrected chi connectivity index (χ1v) is 9.90. The van der Waals surface area contributed by atoms with Gasteiger partial charge in [0.1, 0.15) is 5.60 Å². The molecule has 0 radical (unpaired) electrons. The molecule has 3 aliphatic rings. The number of rotatable bonds is 4. The normalized spacial score (nSPS) is 25.9. The summed E-state index contributed by atoms with van der Waals surface area (Å²) in [6.07, 6.45) is 2.79. The molecule has 5 heteroatoms. The van der Waals surface area contributed by atoms with Crippen molar-refractivity contribution in [2.75, 3.05) is 52.5 Å². The van der Waals surface area contributed by atoms with Gasteiger partial charge < -0.3 is 14.4 Å². The zero-order valence-electron chi connectivity index (χ0n) is 15.8. The number of aryl methyl sites for hydroxylation is 1. The smallest absolute Gasteiger partial charge is 0.227 e. The van der Waals surface area contributed by atoms with Gasteiger partial charge in [-0.3, -0.25) is 9.69 Å². The number of ether oxygens (including phenoxy) is 2. The Hall–Kier alpha value is -1.43. The highest BCUT2D eigenvalue weighted by Gasteiger charge is 2.48. The van der Waals surface area contributed by atoms with Gasteiger partial charge in [0.2, 0.25) is 5.91 Å². The molecule has 1 amide bonds. The second-order valence-electron chi connectivity index (χ2n) is 8.16. The molecule has 3 fully saturated rings. The molecule has 0 N–H and O–H groups in total. The lowest BCUT2D eigenvalue weighted by molar-refractivity contribution is -0.189. The third-order valence-corrected chi connectivity index (χ3v) is 6.17. The lowest BCUT2D eigenvalue weighted by atomic mass is 9.82. The van der Waals surface area contributed by atoms with Crippen LogP contribution in [0.1, 0.15) is 24.0 Å². The summed E-state index contributed by atoms with van der Waals surface area (Å²) < 4.78 is 11.7. The van der Waals surface area contributed by atoms with Crippen LogP contribution >= 0.6 is 0 Å². The van der Waals surface area contributed by atoms with E-state index in [0.717, 1.165) is 64.5 Å². The Morgan fingerprint density at radius 1 is 1.23 bits per heavy atom. The predicted octanol–water partition coefficient (Wildman–Crippen LogP) is 1.88. The van der Waals surface area contributed by atoms with Crippen molar-refractivity contribution in [1.82, 2.24) is 9.80 Å². The summed E-state index contributed by atoms with van der Waals surface area (Å²) in [6.45, 7) is 9.35. The molecule has 1 aromatic carbocycles. The number of amides is 1. The molecule has 5 nitrogen and oxygen atoms in total. The van der Waals surface area contributed by atoms with Crippen LogP contribution in [0, 0.1) is 12.8 Å². The minimum Gasteiger partial charge on any atom is -0.379 e. The number of carbonyl (C=O) groups is 1. The average Bonchev–Trinajstić information content (AvgIpc) is 2.63. The number of carbonyl (C=O) groups excluding carboxylic acids is 1. The first-order valence-electron chi connectivity index (χ1n) is 9.90. The molecule has 0 bridgehead atoms. The monoisotopic (exact) mass is 358 g/mol. The van der Waals surface area contributed by atoms with Crippen molar-refractivity contribution in [1.29, 1.82) is 0 Å². The molecule has 0 unspecified atom stereocenters. The van der Waals surface area contributed by atoms with Crippen molar-refractivity contribution in [3.63, 3.8) is 0 Å². The minimum absolute atomic E-state index is 0.0666. The van der Waals surface area contributed by atoms with Gasteiger partial charge in [-0.25, -0.2) is 0 Å². The molecular weight excluding hydrogens is 328 g/mol. The molecule has 3 aliphatic heterocycles. The summed E-state index contributed by atoms with van der Waals surface area (Å²) in [5, 5.41) is 0. The minimum atomic E-state index is -0.0666. The Bertz CT molecular complexity index is 626. The van der Waals surface area contributed by atoms with Crippen LogP contribution in [0.4, 0.5) is 0 Å². The highest BCUT2D eigenvalue weighted by atomic mass is 16.5. The highest BCUT2D eigenvalue weighted by molar-refractivity contribution is 5.80. The van der Waals surface area contributed by atoms with Crippen molar-refractivity contribution >= 4 is 5.91 Å². The number of likely N-dealkylation sites (tertiary alicyclic amines) is 1. The fourth-order valence-electron chi connectivity index (χ4n) is 4.37. The molecule has 0 aromatic heterocycles. The molecule has 1 spiro atoms. The van der Waals surface area contributed by atoms with Gasteiger partial charge in [-0.15, -0.1) is 0 Å². The average molecular weight is 358 g/mol. The van der Waals surface area contributed by atoms with Crippen molar-refractivity contribution in [2.45, 2.75) is 31.8 Å². The van der Waals surface area contributed by atoms with Gasteiger partial charge in [0, 0.05) is 19.6 Å². The maximum absolute atomic E-state index is 12.6. The first-order chi connectivity index (χ1) is 12.6. The van der Waals surface area contributed by atoms with E-state index in [0.29, 0.717) is 12.3 Å². The van der Waals surface area contributed by atoms with Crippen LogP contribution in [-0.4, -0.2) is 73.9 Å². The zero-order valence-corrected chi connectivity index (χ0v) is 15.8. The van der Waals surface area contributed by atoms with Crippen LogP contribution in [-0.2, 0) is 20.7 Å². The Labute approximate surface area is 156 Å². The van der Waals surface area contributed by atoms with E-state index in [2.05, 4.69) is 24.0 Å². The molecule has 4 rings (SSSR count). The number of benzene rings is 1. The zero-order chi connectivity index (χ0) is 18.0. The van der Waals surface area contributed by atoms with Crippen molar-refractivity contribution in [3.05, 3.63) is 35.4 Å². The van der Waals surface area contributed by atoms with Gasteiger partial charge in [-0.05, 0) is 36.8 Å². The Kier molecular flexibility index (Phi) is 5.30. The molecule has 3 heterocycles. The van der Waals surface area contributed by atoms with E-state index in [4.69, 9.17) is 9.47 Å². The molecule has 0 saturated carbocycles. The van der Waals surface area contributed by atoms with E-state index in [1.807, 2.05) is 17.0 Å². The SMILES string of the molecule is Cc1ccccc1CC(=O)N1CC2(CC[C@@H](CN3CCOCC3)CO2)C1. The van der Waals surface area contributed by atoms with E-state index in [9.17, 15) is 4.79 Å². The molecule has 26 heavy (non-hydrogen) atoms. The molecule has 0 aliphatic carbocycles. The second-order valence-corrected chi connectivity index (χ2v) is 8.16. The standard InChI is InChI=1S/C21H30N2O3/c1-17-4-2-3-5-19(17)12-20(24)23-15-21(16-23)7-6-18(14-26-21)13-22-8-10-25-11-9-22/h2-5,18H,6-16H2,1H3/t18-/m0/s1. The van der Waals surface area contributed by atoms with Crippen LogP contribution < -0.4 is 0 Å². The summed E-state index contributed by atoms with van der Waals surface area (Å²) in [5.74, 6) is 0.847. The van der Waals surface area contributed by atoms with E-state index in [1.54, 1.807) is 0 Å². The molecular formula is C21H30N2O3. The summed E-state index contributed by atoms with van der Waals surface area (Å²) >= 11 is 0. The van der Waals surface area contributed by atoms with Crippen LogP contribution in [0.5, 0.6) is 0 Å². The van der Waals surface area contributed by atoms with Crippen LogP contribution in [0.3, 0.4) is 0 Å². The summed E-state index contributed by atoms with van der Waals surface area (Å²) in [6, 6.07) is 8.15.